The minimum Gasteiger partial charge on any atom is -0.378 e. The van der Waals surface area contributed by atoms with E-state index < -0.39 is 0 Å². The van der Waals surface area contributed by atoms with E-state index in [1.165, 1.54) is 11.3 Å². The number of aromatic nitrogens is 4. The van der Waals surface area contributed by atoms with E-state index in [9.17, 15) is 0 Å². The molecule has 0 amide bonds. The summed E-state index contributed by atoms with van der Waals surface area (Å²) in [6.45, 7) is 3.04. The van der Waals surface area contributed by atoms with Gasteiger partial charge in [0.05, 0.1) is 42.3 Å². The Bertz CT molecular complexity index is 987. The molecule has 0 atom stereocenters. The first-order chi connectivity index (χ1) is 12.3. The minimum atomic E-state index is 0.709. The molecule has 5 rings (SSSR count). The molecule has 2 aliphatic rings. The van der Waals surface area contributed by atoms with Gasteiger partial charge in [0, 0.05) is 37.8 Å². The Morgan fingerprint density at radius 2 is 2.04 bits per heavy atom. The third kappa shape index (κ3) is 2.32. The molecular formula is C18H19N6O+. The molecule has 0 radical (unpaired) electrons. The zero-order valence-electron chi connectivity index (χ0n) is 14.0. The summed E-state index contributed by atoms with van der Waals surface area (Å²) in [5.74, 6) is 0.748. The quantitative estimate of drug-likeness (QED) is 0.709. The Morgan fingerprint density at radius 1 is 1.16 bits per heavy atom. The van der Waals surface area contributed by atoms with Crippen molar-refractivity contribution in [3.05, 3.63) is 36.2 Å². The SMILES string of the molecule is Cn1ncc2c(-c3cccc4c3C=C[NH2+]4)nc(N3CCOCC3)nc21. The number of quaternary nitrogens is 1. The van der Waals surface area contributed by atoms with E-state index in [-0.39, 0.29) is 0 Å². The molecule has 2 aliphatic heterocycles. The summed E-state index contributed by atoms with van der Waals surface area (Å²) in [6.07, 6.45) is 6.08. The molecule has 0 unspecified atom stereocenters. The van der Waals surface area contributed by atoms with Gasteiger partial charge in [-0.3, -0.25) is 10.00 Å². The molecule has 126 valence electrons. The second kappa shape index (κ2) is 5.65. The number of hydrogen-bond donors (Lipinski definition) is 1. The minimum absolute atomic E-state index is 0.709. The molecule has 1 saturated heterocycles. The standard InChI is InChI=1S/C18H18N6O/c1-23-17-14(11-20-23)16(13-3-2-4-15-12(13)5-6-19-15)21-18(22-17)24-7-9-25-10-8-24/h2-6,11,19H,7-10H2,1H3/p+1. The average Bonchev–Trinajstić information content (AvgIpc) is 3.28. The van der Waals surface area contributed by atoms with Crippen molar-refractivity contribution >= 4 is 28.7 Å². The van der Waals surface area contributed by atoms with Gasteiger partial charge in [-0.1, -0.05) is 12.1 Å². The van der Waals surface area contributed by atoms with Crippen LogP contribution >= 0.6 is 0 Å². The topological polar surface area (TPSA) is 72.7 Å². The molecule has 7 nitrogen and oxygen atoms in total. The number of morpholine rings is 1. The van der Waals surface area contributed by atoms with Crippen molar-refractivity contribution in [3.8, 4) is 11.3 Å². The summed E-state index contributed by atoms with van der Waals surface area (Å²) >= 11 is 0. The summed E-state index contributed by atoms with van der Waals surface area (Å²) in [5, 5.41) is 7.51. The molecule has 2 N–H and O–H groups in total. The van der Waals surface area contributed by atoms with Crippen LogP contribution in [-0.2, 0) is 11.8 Å². The highest BCUT2D eigenvalue weighted by Crippen LogP contribution is 2.34. The maximum Gasteiger partial charge on any atom is 0.228 e. The normalized spacial score (nSPS) is 16.6. The highest BCUT2D eigenvalue weighted by Gasteiger charge is 2.22. The van der Waals surface area contributed by atoms with Crippen molar-refractivity contribution in [1.29, 1.82) is 0 Å². The maximum atomic E-state index is 5.46. The van der Waals surface area contributed by atoms with Crippen molar-refractivity contribution in [1.82, 2.24) is 19.7 Å². The van der Waals surface area contributed by atoms with Crippen LogP contribution in [0.5, 0.6) is 0 Å². The lowest BCUT2D eigenvalue weighted by atomic mass is 10.0. The van der Waals surface area contributed by atoms with Crippen LogP contribution in [0.4, 0.5) is 11.6 Å². The number of rotatable bonds is 2. The van der Waals surface area contributed by atoms with Gasteiger partial charge in [-0.15, -0.1) is 0 Å². The predicted octanol–water partition coefficient (Wildman–Crippen LogP) is 1.05. The van der Waals surface area contributed by atoms with Crippen LogP contribution in [0.3, 0.4) is 0 Å². The first kappa shape index (κ1) is 14.6. The van der Waals surface area contributed by atoms with Crippen LogP contribution in [0.2, 0.25) is 0 Å². The third-order valence-corrected chi connectivity index (χ3v) is 4.81. The monoisotopic (exact) mass is 335 g/mol. The molecule has 0 aliphatic carbocycles. The second-order valence-electron chi connectivity index (χ2n) is 6.31. The van der Waals surface area contributed by atoms with Crippen LogP contribution in [-0.4, -0.2) is 46.1 Å². The molecular weight excluding hydrogens is 316 g/mol. The Morgan fingerprint density at radius 3 is 2.92 bits per heavy atom. The lowest BCUT2D eigenvalue weighted by molar-refractivity contribution is -0.491. The molecule has 0 spiro atoms. The Labute approximate surface area is 144 Å². The predicted molar refractivity (Wildman–Crippen MR) is 95.4 cm³/mol. The zero-order chi connectivity index (χ0) is 16.8. The average molecular weight is 335 g/mol. The van der Waals surface area contributed by atoms with E-state index in [0.717, 1.165) is 41.3 Å². The van der Waals surface area contributed by atoms with Gasteiger partial charge in [0.2, 0.25) is 5.95 Å². The molecule has 25 heavy (non-hydrogen) atoms. The van der Waals surface area contributed by atoms with E-state index in [2.05, 4.69) is 45.8 Å². The highest BCUT2D eigenvalue weighted by atomic mass is 16.5. The largest absolute Gasteiger partial charge is 0.378 e. The van der Waals surface area contributed by atoms with E-state index in [0.29, 0.717) is 13.2 Å². The number of fused-ring (bicyclic) bond motifs is 2. The van der Waals surface area contributed by atoms with Gasteiger partial charge in [-0.05, 0) is 0 Å². The van der Waals surface area contributed by atoms with Crippen molar-refractivity contribution in [2.45, 2.75) is 0 Å². The molecule has 0 bridgehead atoms. The fraction of sp³-hybridized carbons (Fsp3) is 0.278. The smallest absolute Gasteiger partial charge is 0.228 e. The van der Waals surface area contributed by atoms with Gasteiger partial charge in [-0.2, -0.15) is 10.1 Å². The second-order valence-corrected chi connectivity index (χ2v) is 6.31. The fourth-order valence-corrected chi connectivity index (χ4v) is 3.49. The van der Waals surface area contributed by atoms with Crippen LogP contribution in [0, 0.1) is 0 Å². The fourth-order valence-electron chi connectivity index (χ4n) is 3.49. The first-order valence-electron chi connectivity index (χ1n) is 8.48. The van der Waals surface area contributed by atoms with Crippen molar-refractivity contribution in [3.63, 3.8) is 0 Å². The summed E-state index contributed by atoms with van der Waals surface area (Å²) in [5.41, 5.74) is 5.35. The molecule has 0 saturated carbocycles. The number of hydrogen-bond acceptors (Lipinski definition) is 5. The van der Waals surface area contributed by atoms with E-state index in [1.54, 1.807) is 0 Å². The number of aryl methyl sites for hydroxylation is 1. The van der Waals surface area contributed by atoms with Gasteiger partial charge < -0.3 is 9.64 Å². The van der Waals surface area contributed by atoms with Crippen molar-refractivity contribution < 1.29 is 10.1 Å². The Balaban J connectivity index is 1.74. The number of nitrogens with two attached hydrogens (primary N) is 1. The molecule has 2 aromatic heterocycles. The third-order valence-electron chi connectivity index (χ3n) is 4.81. The van der Waals surface area contributed by atoms with Crippen LogP contribution in [0.15, 0.2) is 30.6 Å². The van der Waals surface area contributed by atoms with E-state index in [1.807, 2.05) is 17.9 Å². The number of ether oxygens (including phenoxy) is 1. The van der Waals surface area contributed by atoms with E-state index >= 15 is 0 Å². The van der Waals surface area contributed by atoms with Gasteiger partial charge in [0.15, 0.2) is 5.65 Å². The molecule has 1 aromatic carbocycles. The van der Waals surface area contributed by atoms with Crippen LogP contribution in [0.1, 0.15) is 5.56 Å². The van der Waals surface area contributed by atoms with Gasteiger partial charge >= 0.3 is 0 Å². The van der Waals surface area contributed by atoms with Crippen LogP contribution < -0.4 is 10.2 Å². The Hall–Kier alpha value is -2.77. The maximum absolute atomic E-state index is 5.46. The zero-order valence-corrected chi connectivity index (χ0v) is 14.0. The molecule has 1 fully saturated rings. The van der Waals surface area contributed by atoms with Crippen LogP contribution in [0.25, 0.3) is 28.4 Å². The summed E-state index contributed by atoms with van der Waals surface area (Å²) in [7, 11) is 1.92. The number of anilines is 1. The molecule has 3 aromatic rings. The van der Waals surface area contributed by atoms with E-state index in [4.69, 9.17) is 14.7 Å². The summed E-state index contributed by atoms with van der Waals surface area (Å²) < 4.78 is 7.28. The number of benzene rings is 1. The molecule has 7 heteroatoms. The molecule has 4 heterocycles. The first-order valence-corrected chi connectivity index (χ1v) is 8.48. The van der Waals surface area contributed by atoms with Gasteiger partial charge in [-0.25, -0.2) is 4.98 Å². The van der Waals surface area contributed by atoms with Gasteiger partial charge in [0.1, 0.15) is 5.69 Å². The summed E-state index contributed by atoms with van der Waals surface area (Å²) in [6, 6.07) is 6.33. The van der Waals surface area contributed by atoms with Crippen molar-refractivity contribution in [2.24, 2.45) is 7.05 Å². The van der Waals surface area contributed by atoms with Gasteiger partial charge in [0.25, 0.3) is 0 Å². The van der Waals surface area contributed by atoms with Crippen molar-refractivity contribution in [2.75, 3.05) is 31.2 Å². The number of nitrogens with zero attached hydrogens (tertiary/aromatic N) is 5. The summed E-state index contributed by atoms with van der Waals surface area (Å²) in [4.78, 5) is 11.9. The lowest BCUT2D eigenvalue weighted by Gasteiger charge is -2.27. The Kier molecular flexibility index (Phi) is 3.29. The highest BCUT2D eigenvalue weighted by molar-refractivity contribution is 5.95. The lowest BCUT2D eigenvalue weighted by Crippen LogP contribution is -2.69.